The van der Waals surface area contributed by atoms with E-state index >= 15 is 0 Å². The Morgan fingerprint density at radius 2 is 2.07 bits per heavy atom. The fourth-order valence-corrected chi connectivity index (χ4v) is 4.05. The summed E-state index contributed by atoms with van der Waals surface area (Å²) in [6.45, 7) is 3.60. The van der Waals surface area contributed by atoms with Gasteiger partial charge in [0, 0.05) is 19.0 Å². The number of amides is 1. The summed E-state index contributed by atoms with van der Waals surface area (Å²) in [7, 11) is 1.60. The number of hydrogen-bond acceptors (Lipinski definition) is 4. The van der Waals surface area contributed by atoms with Crippen LogP contribution in [0.15, 0.2) is 48.5 Å². The van der Waals surface area contributed by atoms with Crippen molar-refractivity contribution in [2.45, 2.75) is 25.5 Å². The van der Waals surface area contributed by atoms with Crippen LogP contribution in [0.4, 0.5) is 0 Å². The zero-order chi connectivity index (χ0) is 18.6. The van der Waals surface area contributed by atoms with Crippen molar-refractivity contribution in [2.75, 3.05) is 26.7 Å². The number of benzene rings is 2. The fourth-order valence-electron chi connectivity index (χ4n) is 4.05. The molecule has 142 valence electrons. The van der Waals surface area contributed by atoms with E-state index in [1.807, 2.05) is 12.1 Å². The van der Waals surface area contributed by atoms with Crippen molar-refractivity contribution in [1.29, 1.82) is 0 Å². The van der Waals surface area contributed by atoms with E-state index in [0.717, 1.165) is 32.5 Å². The quantitative estimate of drug-likeness (QED) is 0.903. The monoisotopic (exact) mass is 366 g/mol. The molecule has 2 aliphatic heterocycles. The topological polar surface area (TPSA) is 50.8 Å². The summed E-state index contributed by atoms with van der Waals surface area (Å²) in [5.41, 5.74) is 1.89. The van der Waals surface area contributed by atoms with E-state index in [4.69, 9.17) is 9.47 Å². The maximum atomic E-state index is 12.5. The molecule has 0 unspecified atom stereocenters. The second-order valence-electron chi connectivity index (χ2n) is 7.35. The van der Waals surface area contributed by atoms with Crippen LogP contribution in [0.2, 0.25) is 0 Å². The SMILES string of the molecule is COc1ccc2c(c1)C(=O)NC[C@@H]([C@@H]1CCCN(Cc3ccccc3)C1)O2. The third-order valence-electron chi connectivity index (χ3n) is 5.49. The lowest BCUT2D eigenvalue weighted by molar-refractivity contribution is 0.0659. The highest BCUT2D eigenvalue weighted by molar-refractivity contribution is 5.97. The molecule has 2 aliphatic rings. The number of carbonyl (C=O) groups is 1. The van der Waals surface area contributed by atoms with Gasteiger partial charge in [0.1, 0.15) is 17.6 Å². The van der Waals surface area contributed by atoms with Gasteiger partial charge in [0.25, 0.3) is 5.91 Å². The van der Waals surface area contributed by atoms with Crippen LogP contribution in [-0.4, -0.2) is 43.7 Å². The van der Waals surface area contributed by atoms with Gasteiger partial charge in [-0.25, -0.2) is 0 Å². The van der Waals surface area contributed by atoms with Gasteiger partial charge in [0.2, 0.25) is 0 Å². The lowest BCUT2D eigenvalue weighted by Gasteiger charge is -2.36. The molecule has 0 radical (unpaired) electrons. The number of rotatable bonds is 4. The van der Waals surface area contributed by atoms with E-state index < -0.39 is 0 Å². The minimum Gasteiger partial charge on any atom is -0.497 e. The Kier molecular flexibility index (Phi) is 5.30. The van der Waals surface area contributed by atoms with Crippen molar-refractivity contribution in [3.63, 3.8) is 0 Å². The van der Waals surface area contributed by atoms with Crippen LogP contribution >= 0.6 is 0 Å². The lowest BCUT2D eigenvalue weighted by atomic mass is 9.92. The van der Waals surface area contributed by atoms with Gasteiger partial charge in [-0.1, -0.05) is 30.3 Å². The molecule has 0 aliphatic carbocycles. The summed E-state index contributed by atoms with van der Waals surface area (Å²) in [5.74, 6) is 1.62. The third kappa shape index (κ3) is 4.08. The summed E-state index contributed by atoms with van der Waals surface area (Å²) < 4.78 is 11.5. The number of fused-ring (bicyclic) bond motifs is 1. The predicted octanol–water partition coefficient (Wildman–Crippen LogP) is 3.10. The van der Waals surface area contributed by atoms with E-state index in [9.17, 15) is 4.79 Å². The van der Waals surface area contributed by atoms with Crippen molar-refractivity contribution in [3.8, 4) is 11.5 Å². The molecule has 0 saturated carbocycles. The molecule has 0 spiro atoms. The van der Waals surface area contributed by atoms with Crippen molar-refractivity contribution in [3.05, 3.63) is 59.7 Å². The van der Waals surface area contributed by atoms with Crippen LogP contribution in [0.5, 0.6) is 11.5 Å². The summed E-state index contributed by atoms with van der Waals surface area (Å²) in [6.07, 6.45) is 2.26. The zero-order valence-corrected chi connectivity index (χ0v) is 15.7. The van der Waals surface area contributed by atoms with Crippen LogP contribution in [-0.2, 0) is 6.54 Å². The summed E-state index contributed by atoms with van der Waals surface area (Å²) in [6, 6.07) is 16.0. The molecule has 0 aromatic heterocycles. The number of piperidine rings is 1. The highest BCUT2D eigenvalue weighted by atomic mass is 16.5. The molecule has 4 rings (SSSR count). The summed E-state index contributed by atoms with van der Waals surface area (Å²) in [5, 5.41) is 3.03. The molecule has 5 heteroatoms. The molecule has 1 fully saturated rings. The van der Waals surface area contributed by atoms with Crippen molar-refractivity contribution >= 4 is 5.91 Å². The molecule has 27 heavy (non-hydrogen) atoms. The van der Waals surface area contributed by atoms with Gasteiger partial charge in [-0.05, 0) is 43.1 Å². The van der Waals surface area contributed by atoms with Gasteiger partial charge >= 0.3 is 0 Å². The maximum absolute atomic E-state index is 12.5. The maximum Gasteiger partial charge on any atom is 0.255 e. The van der Waals surface area contributed by atoms with E-state index in [1.54, 1.807) is 13.2 Å². The number of carbonyl (C=O) groups excluding carboxylic acids is 1. The molecule has 2 heterocycles. The van der Waals surface area contributed by atoms with Gasteiger partial charge < -0.3 is 14.8 Å². The Labute approximate surface area is 160 Å². The van der Waals surface area contributed by atoms with Crippen molar-refractivity contribution < 1.29 is 14.3 Å². The first-order valence-electron chi connectivity index (χ1n) is 9.62. The third-order valence-corrected chi connectivity index (χ3v) is 5.49. The van der Waals surface area contributed by atoms with E-state index in [2.05, 4.69) is 40.5 Å². The van der Waals surface area contributed by atoms with E-state index in [0.29, 0.717) is 29.5 Å². The Morgan fingerprint density at radius 1 is 1.22 bits per heavy atom. The largest absolute Gasteiger partial charge is 0.497 e. The summed E-state index contributed by atoms with van der Waals surface area (Å²) in [4.78, 5) is 14.9. The van der Waals surface area contributed by atoms with Gasteiger partial charge in [0.05, 0.1) is 19.2 Å². The molecular weight excluding hydrogens is 340 g/mol. The number of ether oxygens (including phenoxy) is 2. The Hall–Kier alpha value is -2.53. The molecule has 2 aromatic rings. The summed E-state index contributed by atoms with van der Waals surface area (Å²) >= 11 is 0. The second-order valence-corrected chi connectivity index (χ2v) is 7.35. The molecule has 5 nitrogen and oxygen atoms in total. The van der Waals surface area contributed by atoms with Crippen LogP contribution < -0.4 is 14.8 Å². The normalized spacial score (nSPS) is 22.9. The first-order chi connectivity index (χ1) is 13.2. The molecule has 2 aromatic carbocycles. The predicted molar refractivity (Wildman–Crippen MR) is 104 cm³/mol. The first kappa shape index (κ1) is 17.9. The molecule has 2 atom stereocenters. The number of nitrogens with zero attached hydrogens (tertiary/aromatic N) is 1. The number of nitrogens with one attached hydrogen (secondary N) is 1. The van der Waals surface area contributed by atoms with Crippen LogP contribution in [0, 0.1) is 5.92 Å². The van der Waals surface area contributed by atoms with E-state index in [1.165, 1.54) is 5.56 Å². The fraction of sp³-hybridized carbons (Fsp3) is 0.409. The van der Waals surface area contributed by atoms with Gasteiger partial charge in [-0.3, -0.25) is 9.69 Å². The Morgan fingerprint density at radius 3 is 2.89 bits per heavy atom. The second kappa shape index (κ2) is 8.01. The molecule has 1 saturated heterocycles. The molecular formula is C22H26N2O3. The lowest BCUT2D eigenvalue weighted by Crippen LogP contribution is -2.45. The highest BCUT2D eigenvalue weighted by Gasteiger charge is 2.32. The first-order valence-corrected chi connectivity index (χ1v) is 9.62. The van der Waals surface area contributed by atoms with Gasteiger partial charge in [-0.15, -0.1) is 0 Å². The number of likely N-dealkylation sites (tertiary alicyclic amines) is 1. The van der Waals surface area contributed by atoms with Crippen LogP contribution in [0.3, 0.4) is 0 Å². The van der Waals surface area contributed by atoms with Crippen LogP contribution in [0.1, 0.15) is 28.8 Å². The number of hydrogen-bond donors (Lipinski definition) is 1. The van der Waals surface area contributed by atoms with Gasteiger partial charge in [0.15, 0.2) is 0 Å². The van der Waals surface area contributed by atoms with Gasteiger partial charge in [-0.2, -0.15) is 0 Å². The standard InChI is InChI=1S/C22H26N2O3/c1-26-18-9-10-20-19(12-18)22(25)23-13-21(27-20)17-8-5-11-24(15-17)14-16-6-3-2-4-7-16/h2-4,6-7,9-10,12,17,21H,5,8,11,13-15H2,1H3,(H,23,25)/t17-,21+/m1/s1. The van der Waals surface area contributed by atoms with Crippen molar-refractivity contribution in [1.82, 2.24) is 10.2 Å². The smallest absolute Gasteiger partial charge is 0.255 e. The number of methoxy groups -OCH3 is 1. The van der Waals surface area contributed by atoms with Crippen LogP contribution in [0.25, 0.3) is 0 Å². The molecule has 1 N–H and O–H groups in total. The highest BCUT2D eigenvalue weighted by Crippen LogP contribution is 2.30. The average molecular weight is 366 g/mol. The van der Waals surface area contributed by atoms with E-state index in [-0.39, 0.29) is 12.0 Å². The molecule has 1 amide bonds. The van der Waals surface area contributed by atoms with Crippen molar-refractivity contribution in [2.24, 2.45) is 5.92 Å². The molecule has 0 bridgehead atoms. The Balaban J connectivity index is 1.46. The minimum absolute atomic E-state index is 0.0119. The minimum atomic E-state index is -0.0941. The zero-order valence-electron chi connectivity index (χ0n) is 15.7. The Bertz CT molecular complexity index is 793. The average Bonchev–Trinajstić information content (AvgIpc) is 2.88.